The van der Waals surface area contributed by atoms with Gasteiger partial charge in [-0.15, -0.1) is 5.10 Å². The first-order chi connectivity index (χ1) is 12.3. The molecule has 0 aliphatic carbocycles. The molecule has 4 heterocycles. The number of aromatic nitrogens is 8. The molecule has 25 heavy (non-hydrogen) atoms. The Bertz CT molecular complexity index is 852. The van der Waals surface area contributed by atoms with E-state index in [9.17, 15) is 4.79 Å². The average Bonchev–Trinajstić information content (AvgIpc) is 3.36. The summed E-state index contributed by atoms with van der Waals surface area (Å²) < 4.78 is 3.15. The lowest BCUT2D eigenvalue weighted by atomic mass is 10.3. The molecule has 1 N–H and O–H groups in total. The summed E-state index contributed by atoms with van der Waals surface area (Å²) in [5.41, 5.74) is 0.784. The zero-order chi connectivity index (χ0) is 17.1. The van der Waals surface area contributed by atoms with Gasteiger partial charge < -0.3 is 10.2 Å². The monoisotopic (exact) mass is 342 g/mol. The van der Waals surface area contributed by atoms with E-state index < -0.39 is 0 Å². The second-order valence-electron chi connectivity index (χ2n) is 5.85. The summed E-state index contributed by atoms with van der Waals surface area (Å²) in [7, 11) is 0. The van der Waals surface area contributed by atoms with Crippen molar-refractivity contribution in [3.8, 4) is 0 Å². The first kappa shape index (κ1) is 15.4. The maximum absolute atomic E-state index is 11.8. The molecule has 4 rings (SSSR count). The summed E-state index contributed by atoms with van der Waals surface area (Å²) in [6, 6.07) is 0. The Labute approximate surface area is 143 Å². The van der Waals surface area contributed by atoms with Gasteiger partial charge in [-0.05, 0) is 23.3 Å². The molecule has 0 atom stereocenters. The summed E-state index contributed by atoms with van der Waals surface area (Å²) in [4.78, 5) is 22.9. The van der Waals surface area contributed by atoms with Crippen molar-refractivity contribution in [3.63, 3.8) is 0 Å². The number of nitrogens with one attached hydrogen (secondary N) is 1. The number of anilines is 1. The Morgan fingerprint density at radius 1 is 1.24 bits per heavy atom. The van der Waals surface area contributed by atoms with Crippen molar-refractivity contribution >= 4 is 22.8 Å². The highest BCUT2D eigenvalue weighted by Gasteiger charge is 2.18. The third-order valence-electron chi connectivity index (χ3n) is 4.16. The number of amides is 1. The highest BCUT2D eigenvalue weighted by atomic mass is 16.2. The predicted molar refractivity (Wildman–Crippen MR) is 87.6 cm³/mol. The van der Waals surface area contributed by atoms with Gasteiger partial charge in [-0.1, -0.05) is 0 Å². The third kappa shape index (κ3) is 3.25. The fourth-order valence-corrected chi connectivity index (χ4v) is 2.98. The molecule has 0 saturated carbocycles. The average molecular weight is 342 g/mol. The van der Waals surface area contributed by atoms with Crippen LogP contribution in [0.4, 0.5) is 5.82 Å². The minimum atomic E-state index is -0.156. The summed E-state index contributed by atoms with van der Waals surface area (Å²) in [6.07, 6.45) is 7.15. The first-order valence-corrected chi connectivity index (χ1v) is 8.20. The van der Waals surface area contributed by atoms with Crippen LogP contribution in [0.3, 0.4) is 0 Å². The Kier molecular flexibility index (Phi) is 4.19. The maximum Gasteiger partial charge on any atom is 0.241 e. The van der Waals surface area contributed by atoms with E-state index in [1.54, 1.807) is 17.2 Å². The van der Waals surface area contributed by atoms with Crippen LogP contribution in [0, 0.1) is 0 Å². The highest BCUT2D eigenvalue weighted by Crippen LogP contribution is 2.25. The molecular weight excluding hydrogens is 324 g/mol. The maximum atomic E-state index is 11.8. The van der Waals surface area contributed by atoms with Gasteiger partial charge in [0.15, 0.2) is 5.65 Å². The largest absolute Gasteiger partial charge is 0.356 e. The quantitative estimate of drug-likeness (QED) is 0.620. The Morgan fingerprint density at radius 2 is 2.12 bits per heavy atom. The molecule has 3 aromatic rings. The van der Waals surface area contributed by atoms with Gasteiger partial charge in [-0.25, -0.2) is 19.3 Å². The number of rotatable bonds is 6. The molecule has 130 valence electrons. The summed E-state index contributed by atoms with van der Waals surface area (Å²) in [6.45, 7) is 3.10. The third-order valence-corrected chi connectivity index (χ3v) is 4.16. The van der Waals surface area contributed by atoms with E-state index in [2.05, 4.69) is 40.8 Å². The van der Waals surface area contributed by atoms with Gasteiger partial charge in [0, 0.05) is 19.6 Å². The van der Waals surface area contributed by atoms with E-state index >= 15 is 0 Å². The molecule has 3 aromatic heterocycles. The fraction of sp³-hybridized carbons (Fsp3) is 0.500. The van der Waals surface area contributed by atoms with Crippen LogP contribution in [0.15, 0.2) is 18.9 Å². The van der Waals surface area contributed by atoms with Crippen molar-refractivity contribution in [1.82, 2.24) is 45.3 Å². The van der Waals surface area contributed by atoms with Crippen LogP contribution in [-0.2, 0) is 17.9 Å². The number of carbonyl (C=O) groups is 1. The standard InChI is InChI=1S/C14H18N10O/c25-12(8-23-10-18-20-21-23)15-3-6-24-14-11(7-19-24)13(16-9-17-14)22-4-1-2-5-22/h7,9-10H,1-6,8H2,(H,15,25). The number of hydrogen-bond acceptors (Lipinski definition) is 8. The topological polar surface area (TPSA) is 120 Å². The lowest BCUT2D eigenvalue weighted by molar-refractivity contribution is -0.121. The molecule has 0 aromatic carbocycles. The van der Waals surface area contributed by atoms with Crippen LogP contribution < -0.4 is 10.2 Å². The van der Waals surface area contributed by atoms with Gasteiger partial charge in [0.2, 0.25) is 5.91 Å². The van der Waals surface area contributed by atoms with E-state index in [1.807, 2.05) is 0 Å². The molecule has 0 radical (unpaired) electrons. The van der Waals surface area contributed by atoms with Crippen molar-refractivity contribution in [3.05, 3.63) is 18.9 Å². The zero-order valence-corrected chi connectivity index (χ0v) is 13.6. The number of nitrogens with zero attached hydrogens (tertiary/aromatic N) is 9. The number of hydrogen-bond donors (Lipinski definition) is 1. The minimum Gasteiger partial charge on any atom is -0.356 e. The second kappa shape index (κ2) is 6.79. The minimum absolute atomic E-state index is 0.0914. The van der Waals surface area contributed by atoms with Crippen LogP contribution in [0.25, 0.3) is 11.0 Å². The van der Waals surface area contributed by atoms with Gasteiger partial charge in [0.1, 0.15) is 25.0 Å². The Hall–Kier alpha value is -3.11. The molecule has 1 aliphatic rings. The van der Waals surface area contributed by atoms with Gasteiger partial charge >= 0.3 is 0 Å². The second-order valence-corrected chi connectivity index (χ2v) is 5.85. The van der Waals surface area contributed by atoms with Gasteiger partial charge in [0.25, 0.3) is 0 Å². The molecule has 11 nitrogen and oxygen atoms in total. The molecule has 11 heteroatoms. The number of fused-ring (bicyclic) bond motifs is 1. The SMILES string of the molecule is O=C(Cn1cnnn1)NCCn1ncc2c(N3CCCC3)ncnc21. The Balaban J connectivity index is 1.40. The van der Waals surface area contributed by atoms with E-state index in [1.165, 1.54) is 23.9 Å². The molecule has 1 aliphatic heterocycles. The fourth-order valence-electron chi connectivity index (χ4n) is 2.98. The highest BCUT2D eigenvalue weighted by molar-refractivity contribution is 5.86. The van der Waals surface area contributed by atoms with Crippen molar-refractivity contribution < 1.29 is 4.79 Å². The van der Waals surface area contributed by atoms with Crippen molar-refractivity contribution in [1.29, 1.82) is 0 Å². The van der Waals surface area contributed by atoms with Crippen LogP contribution in [0.2, 0.25) is 0 Å². The smallest absolute Gasteiger partial charge is 0.241 e. The summed E-state index contributed by atoms with van der Waals surface area (Å²) >= 11 is 0. The van der Waals surface area contributed by atoms with Crippen molar-refractivity contribution in [2.75, 3.05) is 24.5 Å². The van der Waals surface area contributed by atoms with Crippen molar-refractivity contribution in [2.45, 2.75) is 25.9 Å². The van der Waals surface area contributed by atoms with E-state index in [4.69, 9.17) is 0 Å². The molecule has 0 spiro atoms. The molecular formula is C14H18N10O. The molecule has 1 fully saturated rings. The van der Waals surface area contributed by atoms with Gasteiger partial charge in [-0.3, -0.25) is 4.79 Å². The summed E-state index contributed by atoms with van der Waals surface area (Å²) in [5.74, 6) is 0.785. The van der Waals surface area contributed by atoms with Gasteiger partial charge in [-0.2, -0.15) is 5.10 Å². The predicted octanol–water partition coefficient (Wildman–Crippen LogP) is -0.771. The lowest BCUT2D eigenvalue weighted by Gasteiger charge is -2.16. The van der Waals surface area contributed by atoms with Crippen LogP contribution in [-0.4, -0.2) is 65.5 Å². The van der Waals surface area contributed by atoms with E-state index in [0.29, 0.717) is 13.1 Å². The lowest BCUT2D eigenvalue weighted by Crippen LogP contribution is -2.30. The van der Waals surface area contributed by atoms with E-state index in [0.717, 1.165) is 29.9 Å². The molecule has 1 amide bonds. The zero-order valence-electron chi connectivity index (χ0n) is 13.6. The molecule has 0 unspecified atom stereocenters. The first-order valence-electron chi connectivity index (χ1n) is 8.20. The number of tetrazole rings is 1. The molecule has 0 bridgehead atoms. The van der Waals surface area contributed by atoms with Crippen molar-refractivity contribution in [2.24, 2.45) is 0 Å². The molecule has 1 saturated heterocycles. The van der Waals surface area contributed by atoms with Crippen LogP contribution in [0.1, 0.15) is 12.8 Å². The van der Waals surface area contributed by atoms with E-state index in [-0.39, 0.29) is 12.5 Å². The van der Waals surface area contributed by atoms with Gasteiger partial charge in [0.05, 0.1) is 18.1 Å². The van der Waals surface area contributed by atoms with Crippen LogP contribution in [0.5, 0.6) is 0 Å². The normalized spacial score (nSPS) is 14.3. The summed E-state index contributed by atoms with van der Waals surface area (Å²) in [5, 5.41) is 18.8. The number of carbonyl (C=O) groups excluding carboxylic acids is 1. The van der Waals surface area contributed by atoms with Crippen LogP contribution >= 0.6 is 0 Å². The Morgan fingerprint density at radius 3 is 2.92 bits per heavy atom.